The summed E-state index contributed by atoms with van der Waals surface area (Å²) in [5.41, 5.74) is 2.64. The molecule has 0 saturated carbocycles. The van der Waals surface area contributed by atoms with Crippen molar-refractivity contribution in [3.8, 4) is 0 Å². The Kier molecular flexibility index (Phi) is 5.46. The largest absolute Gasteiger partial charge is 0.468 e. The lowest BCUT2D eigenvalue weighted by Gasteiger charge is -2.38. The molecule has 1 saturated heterocycles. The van der Waals surface area contributed by atoms with Crippen LogP contribution in [0.25, 0.3) is 11.0 Å². The summed E-state index contributed by atoms with van der Waals surface area (Å²) in [6.07, 6.45) is 0. The maximum absolute atomic E-state index is 12.9. The first-order valence-corrected chi connectivity index (χ1v) is 9.62. The van der Waals surface area contributed by atoms with Gasteiger partial charge in [0, 0.05) is 36.8 Å². The molecule has 3 aromatic rings. The summed E-state index contributed by atoms with van der Waals surface area (Å²) in [7, 11) is 1.37. The molecular formula is C20H20ClN5O3. The highest BCUT2D eigenvalue weighted by atomic mass is 35.5. The fraction of sp³-hybridized carbons (Fsp3) is 0.300. The van der Waals surface area contributed by atoms with Crippen molar-refractivity contribution >= 4 is 34.5 Å². The van der Waals surface area contributed by atoms with Crippen LogP contribution in [0.3, 0.4) is 0 Å². The van der Waals surface area contributed by atoms with E-state index in [9.17, 15) is 9.59 Å². The number of piperazine rings is 1. The monoisotopic (exact) mass is 413 g/mol. The van der Waals surface area contributed by atoms with Crippen LogP contribution in [0.5, 0.6) is 0 Å². The lowest BCUT2D eigenvalue weighted by atomic mass is 10.0. The standard InChI is InChI=1S/C20H20ClN5O3/c1-29-20(28)18(14-4-2-3-5-15(14)21)25-8-10-26(11-9-25)19(27)13-6-7-16-17(12-13)23-24-22-16/h2-7,12,18H,8-11H2,1H3,(H,22,23,24)/t18-/m0/s1. The molecule has 1 aliphatic rings. The molecule has 2 heterocycles. The molecular weight excluding hydrogens is 394 g/mol. The number of amides is 1. The minimum Gasteiger partial charge on any atom is -0.468 e. The van der Waals surface area contributed by atoms with Crippen LogP contribution in [0.2, 0.25) is 5.02 Å². The van der Waals surface area contributed by atoms with E-state index in [1.165, 1.54) is 7.11 Å². The van der Waals surface area contributed by atoms with E-state index in [0.29, 0.717) is 53.4 Å². The van der Waals surface area contributed by atoms with Crippen molar-refractivity contribution in [3.63, 3.8) is 0 Å². The number of rotatable bonds is 4. The SMILES string of the molecule is COC(=O)[C@H](c1ccccc1Cl)N1CCN(C(=O)c2ccc3n[nH]nc3c2)CC1. The number of hydrogen-bond acceptors (Lipinski definition) is 6. The van der Waals surface area contributed by atoms with Crippen LogP contribution in [0.4, 0.5) is 0 Å². The predicted octanol–water partition coefficient (Wildman–Crippen LogP) is 2.28. The number of nitrogens with zero attached hydrogens (tertiary/aromatic N) is 4. The number of H-pyrrole nitrogens is 1. The number of aromatic amines is 1. The molecule has 1 aliphatic heterocycles. The number of hydrogen-bond donors (Lipinski definition) is 1. The van der Waals surface area contributed by atoms with E-state index in [0.717, 1.165) is 0 Å². The number of methoxy groups -OCH3 is 1. The maximum Gasteiger partial charge on any atom is 0.327 e. The zero-order valence-corrected chi connectivity index (χ0v) is 16.6. The number of halogens is 1. The number of carbonyl (C=O) groups is 2. The van der Waals surface area contributed by atoms with Crippen molar-refractivity contribution in [2.45, 2.75) is 6.04 Å². The number of carbonyl (C=O) groups excluding carboxylic acids is 2. The molecule has 4 rings (SSSR count). The van der Waals surface area contributed by atoms with Crippen LogP contribution in [0.15, 0.2) is 42.5 Å². The Labute approximate surface area is 172 Å². The lowest BCUT2D eigenvalue weighted by Crippen LogP contribution is -2.51. The summed E-state index contributed by atoms with van der Waals surface area (Å²) in [4.78, 5) is 29.1. The summed E-state index contributed by atoms with van der Waals surface area (Å²) in [6, 6.07) is 11.9. The molecule has 150 valence electrons. The van der Waals surface area contributed by atoms with Gasteiger partial charge >= 0.3 is 5.97 Å². The van der Waals surface area contributed by atoms with Crippen LogP contribution in [0.1, 0.15) is 22.0 Å². The van der Waals surface area contributed by atoms with E-state index in [-0.39, 0.29) is 11.9 Å². The number of ether oxygens (including phenoxy) is 1. The molecule has 0 radical (unpaired) electrons. The van der Waals surface area contributed by atoms with E-state index in [1.807, 2.05) is 23.1 Å². The summed E-state index contributed by atoms with van der Waals surface area (Å²) in [5, 5.41) is 11.1. The van der Waals surface area contributed by atoms with Crippen molar-refractivity contribution in [2.75, 3.05) is 33.3 Å². The molecule has 0 spiro atoms. The van der Waals surface area contributed by atoms with Crippen molar-refractivity contribution in [3.05, 3.63) is 58.6 Å². The number of fused-ring (bicyclic) bond motifs is 1. The van der Waals surface area contributed by atoms with Gasteiger partial charge < -0.3 is 9.64 Å². The zero-order chi connectivity index (χ0) is 20.4. The van der Waals surface area contributed by atoms with Gasteiger partial charge in [-0.15, -0.1) is 0 Å². The Morgan fingerprint density at radius 2 is 1.79 bits per heavy atom. The summed E-state index contributed by atoms with van der Waals surface area (Å²) < 4.78 is 5.02. The van der Waals surface area contributed by atoms with E-state index in [2.05, 4.69) is 15.4 Å². The number of esters is 1. The van der Waals surface area contributed by atoms with Crippen LogP contribution in [0, 0.1) is 0 Å². The number of aromatic nitrogens is 3. The molecule has 29 heavy (non-hydrogen) atoms. The van der Waals surface area contributed by atoms with Gasteiger partial charge in [0.1, 0.15) is 17.1 Å². The van der Waals surface area contributed by atoms with Gasteiger partial charge in [0.15, 0.2) is 0 Å². The molecule has 2 aromatic carbocycles. The van der Waals surface area contributed by atoms with Crippen molar-refractivity contribution in [1.82, 2.24) is 25.2 Å². The number of benzene rings is 2. The quantitative estimate of drug-likeness (QED) is 0.660. The first-order valence-electron chi connectivity index (χ1n) is 9.24. The Morgan fingerprint density at radius 1 is 1.07 bits per heavy atom. The first-order chi connectivity index (χ1) is 14.1. The smallest absolute Gasteiger partial charge is 0.327 e. The van der Waals surface area contributed by atoms with Crippen LogP contribution in [-0.2, 0) is 9.53 Å². The van der Waals surface area contributed by atoms with Gasteiger partial charge in [0.2, 0.25) is 0 Å². The van der Waals surface area contributed by atoms with Crippen molar-refractivity contribution < 1.29 is 14.3 Å². The second-order valence-electron chi connectivity index (χ2n) is 6.80. The predicted molar refractivity (Wildman–Crippen MR) is 108 cm³/mol. The molecule has 0 aliphatic carbocycles. The highest BCUT2D eigenvalue weighted by molar-refractivity contribution is 6.31. The van der Waals surface area contributed by atoms with Gasteiger partial charge in [-0.2, -0.15) is 15.4 Å². The topological polar surface area (TPSA) is 91.4 Å². The third kappa shape index (κ3) is 3.81. The Balaban J connectivity index is 1.49. The second-order valence-corrected chi connectivity index (χ2v) is 7.21. The van der Waals surface area contributed by atoms with Crippen molar-refractivity contribution in [2.24, 2.45) is 0 Å². The van der Waals surface area contributed by atoms with Gasteiger partial charge in [0.05, 0.1) is 7.11 Å². The molecule has 1 fully saturated rings. The average molecular weight is 414 g/mol. The molecule has 1 amide bonds. The second kappa shape index (κ2) is 8.18. The first kappa shape index (κ1) is 19.4. The van der Waals surface area contributed by atoms with E-state index < -0.39 is 6.04 Å². The molecule has 1 aromatic heterocycles. The van der Waals surface area contributed by atoms with E-state index >= 15 is 0 Å². The lowest BCUT2D eigenvalue weighted by molar-refractivity contribution is -0.148. The fourth-order valence-corrected chi connectivity index (χ4v) is 3.86. The third-order valence-electron chi connectivity index (χ3n) is 5.15. The zero-order valence-electron chi connectivity index (χ0n) is 15.8. The maximum atomic E-state index is 12.9. The van der Waals surface area contributed by atoms with Crippen LogP contribution in [-0.4, -0.2) is 70.4 Å². The minimum absolute atomic E-state index is 0.0677. The molecule has 1 atom stereocenters. The van der Waals surface area contributed by atoms with E-state index in [4.69, 9.17) is 16.3 Å². The fourth-order valence-electron chi connectivity index (χ4n) is 3.62. The molecule has 0 unspecified atom stereocenters. The minimum atomic E-state index is -0.600. The van der Waals surface area contributed by atoms with E-state index in [1.54, 1.807) is 29.2 Å². The normalized spacial score (nSPS) is 16.0. The highest BCUT2D eigenvalue weighted by Crippen LogP contribution is 2.29. The average Bonchev–Trinajstić information content (AvgIpc) is 3.23. The van der Waals surface area contributed by atoms with Gasteiger partial charge in [0.25, 0.3) is 5.91 Å². The highest BCUT2D eigenvalue weighted by Gasteiger charge is 2.33. The summed E-state index contributed by atoms with van der Waals surface area (Å²) in [5.74, 6) is -0.434. The Bertz CT molecular complexity index is 1050. The molecule has 9 heteroatoms. The van der Waals surface area contributed by atoms with Crippen molar-refractivity contribution in [1.29, 1.82) is 0 Å². The Hall–Kier alpha value is -2.97. The van der Waals surface area contributed by atoms with Crippen LogP contribution < -0.4 is 0 Å². The number of nitrogens with one attached hydrogen (secondary N) is 1. The van der Waals surface area contributed by atoms with Gasteiger partial charge in [-0.1, -0.05) is 29.8 Å². The summed E-state index contributed by atoms with van der Waals surface area (Å²) in [6.45, 7) is 2.05. The third-order valence-corrected chi connectivity index (χ3v) is 5.50. The molecule has 0 bridgehead atoms. The van der Waals surface area contributed by atoms with Gasteiger partial charge in [-0.3, -0.25) is 9.69 Å². The Morgan fingerprint density at radius 3 is 2.52 bits per heavy atom. The molecule has 1 N–H and O–H groups in total. The van der Waals surface area contributed by atoms with Gasteiger partial charge in [-0.05, 0) is 29.8 Å². The van der Waals surface area contributed by atoms with Crippen LogP contribution >= 0.6 is 11.6 Å². The van der Waals surface area contributed by atoms with Gasteiger partial charge in [-0.25, -0.2) is 4.79 Å². The summed E-state index contributed by atoms with van der Waals surface area (Å²) >= 11 is 6.32. The molecule has 8 nitrogen and oxygen atoms in total.